The van der Waals surface area contributed by atoms with Gasteiger partial charge in [-0.25, -0.2) is 17.2 Å². The number of hydrogen-bond donors (Lipinski definition) is 0. The van der Waals surface area contributed by atoms with Gasteiger partial charge in [0.2, 0.25) is 10.0 Å². The smallest absolute Gasteiger partial charge is 0.246 e. The number of benzene rings is 2. The third-order valence-electron chi connectivity index (χ3n) is 4.38. The molecule has 1 aliphatic heterocycles. The average Bonchev–Trinajstić information content (AvgIpc) is 2.85. The van der Waals surface area contributed by atoms with E-state index in [9.17, 15) is 17.2 Å². The van der Waals surface area contributed by atoms with Crippen LogP contribution in [-0.4, -0.2) is 43.8 Å². The lowest BCUT2D eigenvalue weighted by molar-refractivity contribution is 0.278. The topological polar surface area (TPSA) is 40.6 Å². The van der Waals surface area contributed by atoms with Crippen LogP contribution >= 0.6 is 11.6 Å². The molecule has 1 heterocycles. The highest BCUT2D eigenvalue weighted by atomic mass is 35.5. The van der Waals surface area contributed by atoms with E-state index in [-0.39, 0.29) is 13.1 Å². The van der Waals surface area contributed by atoms with E-state index in [1.54, 1.807) is 0 Å². The zero-order valence-corrected chi connectivity index (χ0v) is 15.6. The SMILES string of the molecule is O=S(=O)(c1cc(F)ccc1F)N1CCCN(Cc2ccc(Cl)cc2)CC1. The van der Waals surface area contributed by atoms with E-state index in [0.29, 0.717) is 24.5 Å². The van der Waals surface area contributed by atoms with Gasteiger partial charge in [0.05, 0.1) is 0 Å². The van der Waals surface area contributed by atoms with E-state index < -0.39 is 26.6 Å². The van der Waals surface area contributed by atoms with E-state index in [0.717, 1.165) is 30.3 Å². The molecule has 4 nitrogen and oxygen atoms in total. The minimum Gasteiger partial charge on any atom is -0.298 e. The average molecular weight is 401 g/mol. The van der Waals surface area contributed by atoms with Crippen LogP contribution in [0.4, 0.5) is 8.78 Å². The van der Waals surface area contributed by atoms with Crippen molar-refractivity contribution in [2.75, 3.05) is 26.2 Å². The first-order valence-electron chi connectivity index (χ1n) is 8.28. The van der Waals surface area contributed by atoms with Gasteiger partial charge in [-0.3, -0.25) is 4.90 Å². The molecular weight excluding hydrogens is 382 g/mol. The molecule has 0 N–H and O–H groups in total. The molecule has 140 valence electrons. The first kappa shape index (κ1) is 19.2. The molecule has 1 fully saturated rings. The van der Waals surface area contributed by atoms with Crippen LogP contribution in [0.5, 0.6) is 0 Å². The lowest BCUT2D eigenvalue weighted by Gasteiger charge is -2.22. The monoisotopic (exact) mass is 400 g/mol. The summed E-state index contributed by atoms with van der Waals surface area (Å²) in [7, 11) is -4.07. The first-order chi connectivity index (χ1) is 12.4. The Labute approximate surface area is 157 Å². The van der Waals surface area contributed by atoms with Gasteiger partial charge in [0.15, 0.2) is 0 Å². The molecule has 0 amide bonds. The quantitative estimate of drug-likeness (QED) is 0.788. The van der Waals surface area contributed by atoms with Crippen molar-refractivity contribution < 1.29 is 17.2 Å². The second-order valence-corrected chi connectivity index (χ2v) is 8.58. The normalized spacial score (nSPS) is 17.2. The molecule has 2 aromatic carbocycles. The summed E-state index contributed by atoms with van der Waals surface area (Å²) in [6.07, 6.45) is 0.615. The van der Waals surface area contributed by atoms with E-state index in [2.05, 4.69) is 4.90 Å². The Morgan fingerprint density at radius 1 is 0.962 bits per heavy atom. The minimum absolute atomic E-state index is 0.228. The van der Waals surface area contributed by atoms with Crippen LogP contribution in [0.15, 0.2) is 47.4 Å². The maximum Gasteiger partial charge on any atom is 0.246 e. The molecular formula is C18H19ClF2N2O2S. The molecule has 1 saturated heterocycles. The van der Waals surface area contributed by atoms with Crippen molar-refractivity contribution in [2.24, 2.45) is 0 Å². The molecule has 0 spiro atoms. The van der Waals surface area contributed by atoms with Crippen LogP contribution in [0.1, 0.15) is 12.0 Å². The molecule has 0 aromatic heterocycles. The van der Waals surface area contributed by atoms with Gasteiger partial charge in [-0.15, -0.1) is 0 Å². The van der Waals surface area contributed by atoms with E-state index in [4.69, 9.17) is 11.6 Å². The Hall–Kier alpha value is -1.54. The van der Waals surface area contributed by atoms with E-state index >= 15 is 0 Å². The zero-order valence-electron chi connectivity index (χ0n) is 14.0. The summed E-state index contributed by atoms with van der Waals surface area (Å²) >= 11 is 5.89. The Bertz CT molecular complexity index is 875. The van der Waals surface area contributed by atoms with Gasteiger partial charge in [-0.1, -0.05) is 23.7 Å². The first-order valence-corrected chi connectivity index (χ1v) is 10.1. The maximum absolute atomic E-state index is 13.9. The van der Waals surface area contributed by atoms with Crippen LogP contribution < -0.4 is 0 Å². The molecule has 3 rings (SSSR count). The standard InChI is InChI=1S/C18H19ClF2N2O2S/c19-15-4-2-14(3-5-15)13-22-8-1-9-23(11-10-22)26(24,25)18-12-16(20)6-7-17(18)21/h2-7,12H,1,8-11,13H2. The van der Waals surface area contributed by atoms with Gasteiger partial charge < -0.3 is 0 Å². The maximum atomic E-state index is 13.9. The lowest BCUT2D eigenvalue weighted by Crippen LogP contribution is -2.35. The van der Waals surface area contributed by atoms with E-state index in [1.807, 2.05) is 24.3 Å². The second kappa shape index (κ2) is 8.00. The van der Waals surface area contributed by atoms with E-state index in [1.165, 1.54) is 4.31 Å². The van der Waals surface area contributed by atoms with Gasteiger partial charge in [0, 0.05) is 31.2 Å². The number of sulfonamides is 1. The summed E-state index contributed by atoms with van der Waals surface area (Å²) < 4.78 is 53.9. The Kier molecular flexibility index (Phi) is 5.92. The van der Waals surface area contributed by atoms with Crippen molar-refractivity contribution in [3.63, 3.8) is 0 Å². The highest BCUT2D eigenvalue weighted by Crippen LogP contribution is 2.22. The fraction of sp³-hybridized carbons (Fsp3) is 0.333. The highest BCUT2D eigenvalue weighted by molar-refractivity contribution is 7.89. The van der Waals surface area contributed by atoms with Gasteiger partial charge in [0.1, 0.15) is 16.5 Å². The Morgan fingerprint density at radius 2 is 1.69 bits per heavy atom. The molecule has 1 aliphatic rings. The molecule has 0 unspecified atom stereocenters. The van der Waals surface area contributed by atoms with Crippen LogP contribution in [0, 0.1) is 11.6 Å². The molecule has 0 bridgehead atoms. The fourth-order valence-electron chi connectivity index (χ4n) is 3.01. The third-order valence-corrected chi connectivity index (χ3v) is 6.54. The predicted octanol–water partition coefficient (Wildman–Crippen LogP) is 3.51. The van der Waals surface area contributed by atoms with Gasteiger partial charge in [-0.05, 0) is 48.9 Å². The minimum atomic E-state index is -4.07. The number of hydrogen-bond acceptors (Lipinski definition) is 3. The summed E-state index contributed by atoms with van der Waals surface area (Å²) in [5.41, 5.74) is 1.09. The van der Waals surface area contributed by atoms with Crippen molar-refractivity contribution in [3.05, 3.63) is 64.7 Å². The number of nitrogens with zero attached hydrogens (tertiary/aromatic N) is 2. The highest BCUT2D eigenvalue weighted by Gasteiger charge is 2.29. The second-order valence-electron chi connectivity index (χ2n) is 6.23. The Balaban J connectivity index is 1.71. The fourth-order valence-corrected chi connectivity index (χ4v) is 4.68. The van der Waals surface area contributed by atoms with Crippen molar-refractivity contribution in [3.8, 4) is 0 Å². The number of rotatable bonds is 4. The largest absolute Gasteiger partial charge is 0.298 e. The summed E-state index contributed by atoms with van der Waals surface area (Å²) in [5, 5.41) is 0.666. The van der Waals surface area contributed by atoms with Crippen molar-refractivity contribution in [1.29, 1.82) is 0 Å². The van der Waals surface area contributed by atoms with Crippen molar-refractivity contribution in [1.82, 2.24) is 9.21 Å². The molecule has 2 aromatic rings. The third kappa shape index (κ3) is 4.40. The van der Waals surface area contributed by atoms with Crippen LogP contribution in [-0.2, 0) is 16.6 Å². The molecule has 0 saturated carbocycles. The van der Waals surface area contributed by atoms with Crippen LogP contribution in [0.25, 0.3) is 0 Å². The summed E-state index contributed by atoms with van der Waals surface area (Å²) in [6.45, 7) is 2.42. The molecule has 26 heavy (non-hydrogen) atoms. The van der Waals surface area contributed by atoms with Crippen LogP contribution in [0.2, 0.25) is 5.02 Å². The predicted molar refractivity (Wildman–Crippen MR) is 96.5 cm³/mol. The van der Waals surface area contributed by atoms with Crippen molar-refractivity contribution >= 4 is 21.6 Å². The molecule has 0 radical (unpaired) electrons. The molecule has 0 aliphatic carbocycles. The summed E-state index contributed by atoms with van der Waals surface area (Å²) in [6, 6.07) is 9.99. The zero-order chi connectivity index (χ0) is 18.7. The van der Waals surface area contributed by atoms with Crippen LogP contribution in [0.3, 0.4) is 0 Å². The summed E-state index contributed by atoms with van der Waals surface area (Å²) in [4.78, 5) is 1.53. The molecule has 8 heteroatoms. The van der Waals surface area contributed by atoms with Gasteiger partial charge >= 0.3 is 0 Å². The molecule has 0 atom stereocenters. The van der Waals surface area contributed by atoms with Gasteiger partial charge in [0.25, 0.3) is 0 Å². The van der Waals surface area contributed by atoms with Crippen molar-refractivity contribution in [2.45, 2.75) is 17.9 Å². The Morgan fingerprint density at radius 3 is 2.42 bits per heavy atom. The lowest BCUT2D eigenvalue weighted by atomic mass is 10.2. The van der Waals surface area contributed by atoms with Gasteiger partial charge in [-0.2, -0.15) is 4.31 Å². The number of halogens is 3. The summed E-state index contributed by atoms with van der Waals surface area (Å²) in [5.74, 6) is -1.71.